The van der Waals surface area contributed by atoms with Crippen molar-refractivity contribution in [1.82, 2.24) is 0 Å². The van der Waals surface area contributed by atoms with E-state index in [-0.39, 0.29) is 23.0 Å². The third-order valence-electron chi connectivity index (χ3n) is 3.71. The van der Waals surface area contributed by atoms with Gasteiger partial charge in [-0.05, 0) is 36.6 Å². The molecule has 0 saturated heterocycles. The minimum atomic E-state index is -1.04. The molecule has 0 heterocycles. The molecule has 25 heavy (non-hydrogen) atoms. The summed E-state index contributed by atoms with van der Waals surface area (Å²) in [4.78, 5) is 24.1. The van der Waals surface area contributed by atoms with E-state index in [1.807, 2.05) is 37.3 Å². The van der Waals surface area contributed by atoms with Crippen LogP contribution >= 0.6 is 11.6 Å². The standard InChI is InChI=1S/C19H19ClFNO3/c1-12(14-6-4-3-5-7-14)10-18(23)25-13(2)19(24)22-17-9-8-15(20)11-16(17)21/h3-9,11-13H,10H2,1-2H3,(H,22,24)/t12-,13-/m1/s1. The van der Waals surface area contributed by atoms with Crippen LogP contribution in [0.15, 0.2) is 48.5 Å². The van der Waals surface area contributed by atoms with Crippen molar-refractivity contribution in [3.8, 4) is 0 Å². The van der Waals surface area contributed by atoms with Crippen LogP contribution in [0.4, 0.5) is 10.1 Å². The zero-order chi connectivity index (χ0) is 18.4. The molecule has 4 nitrogen and oxygen atoms in total. The predicted molar refractivity (Wildman–Crippen MR) is 95.1 cm³/mol. The van der Waals surface area contributed by atoms with Crippen molar-refractivity contribution in [3.63, 3.8) is 0 Å². The van der Waals surface area contributed by atoms with Gasteiger partial charge in [-0.3, -0.25) is 9.59 Å². The highest BCUT2D eigenvalue weighted by Crippen LogP contribution is 2.21. The van der Waals surface area contributed by atoms with Gasteiger partial charge in [0.05, 0.1) is 12.1 Å². The second-order valence-corrected chi connectivity index (χ2v) is 6.20. The number of esters is 1. The van der Waals surface area contributed by atoms with E-state index in [1.54, 1.807) is 0 Å². The first kappa shape index (κ1) is 18.9. The molecule has 0 aliphatic carbocycles. The van der Waals surface area contributed by atoms with Gasteiger partial charge in [0.25, 0.3) is 5.91 Å². The summed E-state index contributed by atoms with van der Waals surface area (Å²) in [6.45, 7) is 3.35. The molecule has 0 saturated carbocycles. The molecule has 2 rings (SSSR count). The molecule has 0 aromatic heterocycles. The molecule has 132 valence electrons. The zero-order valence-electron chi connectivity index (χ0n) is 14.0. The van der Waals surface area contributed by atoms with Crippen LogP contribution in [0.3, 0.4) is 0 Å². The summed E-state index contributed by atoms with van der Waals surface area (Å²) >= 11 is 5.66. The lowest BCUT2D eigenvalue weighted by molar-refractivity contribution is -0.153. The number of anilines is 1. The largest absolute Gasteiger partial charge is 0.453 e. The number of hydrogen-bond acceptors (Lipinski definition) is 3. The Morgan fingerprint density at radius 1 is 1.16 bits per heavy atom. The molecule has 0 radical (unpaired) electrons. The van der Waals surface area contributed by atoms with Crippen molar-refractivity contribution in [1.29, 1.82) is 0 Å². The van der Waals surface area contributed by atoms with Gasteiger partial charge in [0, 0.05) is 5.02 Å². The van der Waals surface area contributed by atoms with Gasteiger partial charge in [-0.2, -0.15) is 0 Å². The van der Waals surface area contributed by atoms with E-state index in [1.165, 1.54) is 19.1 Å². The number of hydrogen-bond donors (Lipinski definition) is 1. The highest BCUT2D eigenvalue weighted by molar-refractivity contribution is 6.30. The molecular weight excluding hydrogens is 345 g/mol. The van der Waals surface area contributed by atoms with E-state index < -0.39 is 23.8 Å². The molecule has 6 heteroatoms. The second kappa shape index (κ2) is 8.62. The first-order valence-electron chi connectivity index (χ1n) is 7.87. The van der Waals surface area contributed by atoms with Gasteiger partial charge in [-0.25, -0.2) is 4.39 Å². The van der Waals surface area contributed by atoms with E-state index in [4.69, 9.17) is 16.3 Å². The van der Waals surface area contributed by atoms with Gasteiger partial charge < -0.3 is 10.1 Å². The summed E-state index contributed by atoms with van der Waals surface area (Å²) in [5, 5.41) is 2.60. The molecule has 0 fully saturated rings. The summed E-state index contributed by atoms with van der Waals surface area (Å²) in [7, 11) is 0. The minimum absolute atomic E-state index is 0.0186. The van der Waals surface area contributed by atoms with E-state index in [0.717, 1.165) is 11.6 Å². The summed E-state index contributed by atoms with van der Waals surface area (Å²) in [6.07, 6.45) is -0.887. The number of carbonyl (C=O) groups excluding carboxylic acids is 2. The fraction of sp³-hybridized carbons (Fsp3) is 0.263. The highest BCUT2D eigenvalue weighted by atomic mass is 35.5. The van der Waals surface area contributed by atoms with Gasteiger partial charge in [-0.15, -0.1) is 0 Å². The number of benzene rings is 2. The van der Waals surface area contributed by atoms with E-state index in [2.05, 4.69) is 5.32 Å². The highest BCUT2D eigenvalue weighted by Gasteiger charge is 2.21. The molecule has 2 atom stereocenters. The SMILES string of the molecule is C[C@H](CC(=O)O[C@H](C)C(=O)Nc1ccc(Cl)cc1F)c1ccccc1. The molecular formula is C19H19ClFNO3. The van der Waals surface area contributed by atoms with Gasteiger partial charge >= 0.3 is 5.97 Å². The summed E-state index contributed by atoms with van der Waals surface area (Å²) in [5.74, 6) is -1.78. The second-order valence-electron chi connectivity index (χ2n) is 5.76. The number of ether oxygens (including phenoxy) is 1. The van der Waals surface area contributed by atoms with Crippen LogP contribution in [0.25, 0.3) is 0 Å². The number of nitrogens with one attached hydrogen (secondary N) is 1. The van der Waals surface area contributed by atoms with Gasteiger partial charge in [0.1, 0.15) is 5.82 Å². The van der Waals surface area contributed by atoms with Crippen LogP contribution in [0, 0.1) is 5.82 Å². The van der Waals surface area contributed by atoms with Gasteiger partial charge in [0.2, 0.25) is 0 Å². The van der Waals surface area contributed by atoms with Crippen LogP contribution in [0.2, 0.25) is 5.02 Å². The Hall–Kier alpha value is -2.40. The number of amides is 1. The third-order valence-corrected chi connectivity index (χ3v) is 3.94. The number of carbonyl (C=O) groups is 2. The molecule has 0 spiro atoms. The molecule has 2 aromatic carbocycles. The lowest BCUT2D eigenvalue weighted by atomic mass is 9.98. The van der Waals surface area contributed by atoms with E-state index >= 15 is 0 Å². The van der Waals surface area contributed by atoms with Crippen molar-refractivity contribution >= 4 is 29.2 Å². The Bertz CT molecular complexity index is 752. The summed E-state index contributed by atoms with van der Waals surface area (Å²) in [5.41, 5.74) is 0.995. The predicted octanol–water partition coefficient (Wildman–Crippen LogP) is 4.54. The smallest absolute Gasteiger partial charge is 0.307 e. The van der Waals surface area contributed by atoms with Crippen molar-refractivity contribution in [2.75, 3.05) is 5.32 Å². The quantitative estimate of drug-likeness (QED) is 0.766. The van der Waals surface area contributed by atoms with Crippen molar-refractivity contribution in [3.05, 3.63) is 64.9 Å². The van der Waals surface area contributed by atoms with Crippen LogP contribution < -0.4 is 5.32 Å². The average molecular weight is 364 g/mol. The van der Waals surface area contributed by atoms with Crippen molar-refractivity contribution in [2.24, 2.45) is 0 Å². The Morgan fingerprint density at radius 3 is 2.48 bits per heavy atom. The van der Waals surface area contributed by atoms with Crippen LogP contribution in [-0.4, -0.2) is 18.0 Å². The maximum Gasteiger partial charge on any atom is 0.307 e. The zero-order valence-corrected chi connectivity index (χ0v) is 14.7. The molecule has 0 aliphatic heterocycles. The molecule has 0 bridgehead atoms. The lowest BCUT2D eigenvalue weighted by Crippen LogP contribution is -2.30. The monoisotopic (exact) mass is 363 g/mol. The normalized spacial score (nSPS) is 13.0. The average Bonchev–Trinajstić information content (AvgIpc) is 2.57. The molecule has 1 N–H and O–H groups in total. The third kappa shape index (κ3) is 5.57. The molecule has 1 amide bonds. The maximum absolute atomic E-state index is 13.7. The van der Waals surface area contributed by atoms with Gasteiger partial charge in [-0.1, -0.05) is 48.9 Å². The number of halogens is 2. The maximum atomic E-state index is 13.7. The Kier molecular flexibility index (Phi) is 6.53. The van der Waals surface area contributed by atoms with Crippen molar-refractivity contribution < 1.29 is 18.7 Å². The van der Waals surface area contributed by atoms with Crippen molar-refractivity contribution in [2.45, 2.75) is 32.3 Å². The van der Waals surface area contributed by atoms with Crippen LogP contribution in [-0.2, 0) is 14.3 Å². The molecule has 2 aromatic rings. The minimum Gasteiger partial charge on any atom is -0.453 e. The first-order chi connectivity index (χ1) is 11.9. The Morgan fingerprint density at radius 2 is 1.84 bits per heavy atom. The van der Waals surface area contributed by atoms with Crippen LogP contribution in [0.1, 0.15) is 31.7 Å². The molecule has 0 aliphatic rings. The summed E-state index contributed by atoms with van der Waals surface area (Å²) in [6, 6.07) is 13.4. The van der Waals surface area contributed by atoms with Crippen LogP contribution in [0.5, 0.6) is 0 Å². The van der Waals surface area contributed by atoms with E-state index in [9.17, 15) is 14.0 Å². The first-order valence-corrected chi connectivity index (χ1v) is 8.25. The Balaban J connectivity index is 1.88. The fourth-order valence-electron chi connectivity index (χ4n) is 2.27. The molecule has 0 unspecified atom stereocenters. The van der Waals surface area contributed by atoms with E-state index in [0.29, 0.717) is 0 Å². The summed E-state index contributed by atoms with van der Waals surface area (Å²) < 4.78 is 18.8. The lowest BCUT2D eigenvalue weighted by Gasteiger charge is -2.16. The van der Waals surface area contributed by atoms with Gasteiger partial charge in [0.15, 0.2) is 6.10 Å². The topological polar surface area (TPSA) is 55.4 Å². The Labute approximate surface area is 150 Å². The number of rotatable bonds is 6. The fourth-order valence-corrected chi connectivity index (χ4v) is 2.43.